The maximum atomic E-state index is 11.4. The molecular formula is C14H10BrClN2O3. The molecule has 0 radical (unpaired) electrons. The lowest BCUT2D eigenvalue weighted by atomic mass is 10.3. The van der Waals surface area contributed by atoms with Gasteiger partial charge in [-0.2, -0.15) is 0 Å². The summed E-state index contributed by atoms with van der Waals surface area (Å²) in [6.45, 7) is 0.402. The Morgan fingerprint density at radius 3 is 3.10 bits per heavy atom. The number of rotatable bonds is 3. The normalized spacial score (nSPS) is 11.0. The molecule has 0 bridgehead atoms. The van der Waals surface area contributed by atoms with E-state index in [2.05, 4.69) is 25.7 Å². The Hall–Kier alpha value is -1.79. The first-order valence-electron chi connectivity index (χ1n) is 6.05. The summed E-state index contributed by atoms with van der Waals surface area (Å²) in [6, 6.07) is 5.27. The molecule has 0 amide bonds. The summed E-state index contributed by atoms with van der Waals surface area (Å²) in [5.74, 6) is 0.135. The molecule has 0 aliphatic carbocycles. The van der Waals surface area contributed by atoms with E-state index < -0.39 is 0 Å². The number of esters is 1. The first kappa shape index (κ1) is 14.2. The lowest BCUT2D eigenvalue weighted by Gasteiger charge is -1.97. The van der Waals surface area contributed by atoms with Crippen molar-refractivity contribution in [3.05, 3.63) is 51.5 Å². The summed E-state index contributed by atoms with van der Waals surface area (Å²) in [4.78, 5) is 15.8. The Balaban J connectivity index is 1.89. The van der Waals surface area contributed by atoms with E-state index in [1.54, 1.807) is 29.1 Å². The van der Waals surface area contributed by atoms with E-state index in [-0.39, 0.29) is 5.97 Å². The van der Waals surface area contributed by atoms with Crippen molar-refractivity contribution < 1.29 is 13.9 Å². The van der Waals surface area contributed by atoms with Crippen LogP contribution in [0.2, 0.25) is 5.02 Å². The fourth-order valence-corrected chi connectivity index (χ4v) is 2.84. The average molecular weight is 370 g/mol. The smallest absolute Gasteiger partial charge is 0.339 e. The first-order chi connectivity index (χ1) is 10.1. The van der Waals surface area contributed by atoms with E-state index in [9.17, 15) is 4.79 Å². The third-order valence-electron chi connectivity index (χ3n) is 2.94. The number of fused-ring (bicyclic) bond motifs is 1. The number of aromatic nitrogens is 2. The molecule has 7 heteroatoms. The number of hydrogen-bond acceptors (Lipinski definition) is 4. The van der Waals surface area contributed by atoms with Crippen molar-refractivity contribution in [2.75, 3.05) is 7.11 Å². The molecule has 5 nitrogen and oxygen atoms in total. The van der Waals surface area contributed by atoms with Crippen molar-refractivity contribution >= 4 is 44.6 Å². The Kier molecular flexibility index (Phi) is 3.73. The number of oxazole rings is 1. The van der Waals surface area contributed by atoms with Crippen LogP contribution in [0.15, 0.2) is 39.5 Å². The van der Waals surface area contributed by atoms with Gasteiger partial charge >= 0.3 is 5.97 Å². The molecular weight excluding hydrogens is 360 g/mol. The van der Waals surface area contributed by atoms with Crippen LogP contribution in [0.4, 0.5) is 0 Å². The molecule has 0 atom stereocenters. The number of carbonyl (C=O) groups is 1. The van der Waals surface area contributed by atoms with Gasteiger partial charge in [0.2, 0.25) is 5.89 Å². The minimum atomic E-state index is -0.377. The number of nitrogens with zero attached hydrogens (tertiary/aromatic N) is 2. The highest BCUT2D eigenvalue weighted by Gasteiger charge is 2.12. The third kappa shape index (κ3) is 2.82. The van der Waals surface area contributed by atoms with Crippen LogP contribution >= 0.6 is 27.5 Å². The summed E-state index contributed by atoms with van der Waals surface area (Å²) in [6.07, 6.45) is 3.44. The van der Waals surface area contributed by atoms with Crippen molar-refractivity contribution in [2.45, 2.75) is 6.54 Å². The first-order valence-corrected chi connectivity index (χ1v) is 7.22. The van der Waals surface area contributed by atoms with Crippen LogP contribution in [-0.4, -0.2) is 22.6 Å². The molecule has 108 valence electrons. The summed E-state index contributed by atoms with van der Waals surface area (Å²) < 4.78 is 12.9. The largest absolute Gasteiger partial charge is 0.465 e. The number of halogens is 2. The Morgan fingerprint density at radius 2 is 2.33 bits per heavy atom. The van der Waals surface area contributed by atoms with Gasteiger partial charge in [-0.15, -0.1) is 0 Å². The fraction of sp³-hybridized carbons (Fsp3) is 0.143. The molecule has 0 fully saturated rings. The summed E-state index contributed by atoms with van der Waals surface area (Å²) in [7, 11) is 1.35. The highest BCUT2D eigenvalue weighted by Crippen LogP contribution is 2.28. The Labute approximate surface area is 133 Å². The molecule has 3 rings (SSSR count). The number of ether oxygens (including phenoxy) is 1. The monoisotopic (exact) mass is 368 g/mol. The van der Waals surface area contributed by atoms with Gasteiger partial charge in [0.15, 0.2) is 5.58 Å². The predicted molar refractivity (Wildman–Crippen MR) is 81.6 cm³/mol. The predicted octanol–water partition coefficient (Wildman–Crippen LogP) is 3.88. The molecule has 0 unspecified atom stereocenters. The molecule has 0 saturated heterocycles. The molecule has 0 saturated carbocycles. The Bertz CT molecular complexity index is 825. The van der Waals surface area contributed by atoms with Gasteiger partial charge in [-0.05, 0) is 18.2 Å². The molecule has 3 aromatic rings. The van der Waals surface area contributed by atoms with E-state index in [0.29, 0.717) is 34.1 Å². The number of carbonyl (C=O) groups excluding carboxylic acids is 1. The van der Waals surface area contributed by atoms with Crippen molar-refractivity contribution in [3.63, 3.8) is 0 Å². The van der Waals surface area contributed by atoms with E-state index in [4.69, 9.17) is 16.0 Å². The standard InChI is InChI=1S/C14H10BrClN2O3/c1-20-14(19)8-2-3-18(6-8)7-12-17-11-5-9(15)4-10(16)13(11)21-12/h2-6H,7H2,1H3. The SMILES string of the molecule is COC(=O)c1ccn(Cc2nc3cc(Br)cc(Cl)c3o2)c1. The summed E-state index contributed by atoms with van der Waals surface area (Å²) in [5, 5.41) is 0.501. The van der Waals surface area contributed by atoms with Crippen LogP contribution in [-0.2, 0) is 11.3 Å². The van der Waals surface area contributed by atoms with Crippen LogP contribution < -0.4 is 0 Å². The lowest BCUT2D eigenvalue weighted by Crippen LogP contribution is -2.00. The van der Waals surface area contributed by atoms with Crippen LogP contribution in [0, 0.1) is 0 Å². The van der Waals surface area contributed by atoms with E-state index in [0.717, 1.165) is 4.47 Å². The zero-order chi connectivity index (χ0) is 15.0. The van der Waals surface area contributed by atoms with E-state index in [1.165, 1.54) is 7.11 Å². The molecule has 0 N–H and O–H groups in total. The van der Waals surface area contributed by atoms with Crippen molar-refractivity contribution in [1.82, 2.24) is 9.55 Å². The third-order valence-corrected chi connectivity index (χ3v) is 3.68. The molecule has 0 aliphatic rings. The minimum absolute atomic E-state index is 0.377. The number of hydrogen-bond donors (Lipinski definition) is 0. The highest BCUT2D eigenvalue weighted by molar-refractivity contribution is 9.10. The maximum Gasteiger partial charge on any atom is 0.339 e. The maximum absolute atomic E-state index is 11.4. The Morgan fingerprint density at radius 1 is 1.52 bits per heavy atom. The molecule has 2 heterocycles. The summed E-state index contributed by atoms with van der Waals surface area (Å²) >= 11 is 9.48. The molecule has 0 spiro atoms. The van der Waals surface area contributed by atoms with Gasteiger partial charge in [-0.25, -0.2) is 9.78 Å². The second-order valence-corrected chi connectivity index (χ2v) is 5.73. The number of methoxy groups -OCH3 is 1. The second-order valence-electron chi connectivity index (χ2n) is 4.41. The van der Waals surface area contributed by atoms with Crippen LogP contribution in [0.3, 0.4) is 0 Å². The van der Waals surface area contributed by atoms with Gasteiger partial charge in [0.25, 0.3) is 0 Å². The van der Waals surface area contributed by atoms with Gasteiger partial charge in [0.05, 0.1) is 24.2 Å². The van der Waals surface area contributed by atoms with Crippen molar-refractivity contribution in [2.24, 2.45) is 0 Å². The molecule has 1 aromatic carbocycles. The van der Waals surface area contributed by atoms with Crippen LogP contribution in [0.25, 0.3) is 11.1 Å². The van der Waals surface area contributed by atoms with Gasteiger partial charge in [-0.1, -0.05) is 27.5 Å². The molecule has 2 aromatic heterocycles. The topological polar surface area (TPSA) is 57.3 Å². The van der Waals surface area contributed by atoms with Crippen molar-refractivity contribution in [1.29, 1.82) is 0 Å². The molecule has 21 heavy (non-hydrogen) atoms. The highest BCUT2D eigenvalue weighted by atomic mass is 79.9. The van der Waals surface area contributed by atoms with Crippen molar-refractivity contribution in [3.8, 4) is 0 Å². The summed E-state index contributed by atoms with van der Waals surface area (Å²) in [5.41, 5.74) is 1.72. The zero-order valence-corrected chi connectivity index (χ0v) is 13.3. The number of benzene rings is 1. The minimum Gasteiger partial charge on any atom is -0.465 e. The van der Waals surface area contributed by atoms with Gasteiger partial charge < -0.3 is 13.7 Å². The van der Waals surface area contributed by atoms with E-state index in [1.807, 2.05) is 6.07 Å². The van der Waals surface area contributed by atoms with Crippen LogP contribution in [0.5, 0.6) is 0 Å². The van der Waals surface area contributed by atoms with E-state index >= 15 is 0 Å². The van der Waals surface area contributed by atoms with Gasteiger partial charge in [0.1, 0.15) is 5.52 Å². The van der Waals surface area contributed by atoms with Gasteiger partial charge in [-0.3, -0.25) is 0 Å². The molecule has 0 aliphatic heterocycles. The quantitative estimate of drug-likeness (QED) is 0.657. The zero-order valence-electron chi connectivity index (χ0n) is 11.0. The fourth-order valence-electron chi connectivity index (χ4n) is 2.01. The second kappa shape index (κ2) is 5.54. The lowest BCUT2D eigenvalue weighted by molar-refractivity contribution is 0.0600. The van der Waals surface area contributed by atoms with Crippen LogP contribution in [0.1, 0.15) is 16.2 Å². The average Bonchev–Trinajstić information content (AvgIpc) is 3.05. The van der Waals surface area contributed by atoms with Gasteiger partial charge in [0, 0.05) is 16.9 Å².